The molecule has 19 heavy (non-hydrogen) atoms. The molecule has 0 aliphatic carbocycles. The highest BCUT2D eigenvalue weighted by Crippen LogP contribution is 2.26. The standard InChI is InChI=1S/C14H19ClN2O2/c1-10(14(19)17-7-2-3-8-17)16-9-11-5-4-6-12(15)13(11)18/h4-6,10,16,18H,2-3,7-9H2,1H3. The third kappa shape index (κ3) is 3.39. The first-order valence-corrected chi connectivity index (χ1v) is 6.96. The largest absolute Gasteiger partial charge is 0.506 e. The highest BCUT2D eigenvalue weighted by Gasteiger charge is 2.22. The predicted octanol–water partition coefficient (Wildman–Crippen LogP) is 2.15. The van der Waals surface area contributed by atoms with Crippen molar-refractivity contribution < 1.29 is 9.90 Å². The number of phenols is 1. The summed E-state index contributed by atoms with van der Waals surface area (Å²) in [7, 11) is 0. The Morgan fingerprint density at radius 1 is 1.47 bits per heavy atom. The summed E-state index contributed by atoms with van der Waals surface area (Å²) in [6.07, 6.45) is 2.18. The van der Waals surface area contributed by atoms with Gasteiger partial charge < -0.3 is 15.3 Å². The van der Waals surface area contributed by atoms with Gasteiger partial charge in [-0.05, 0) is 25.8 Å². The number of hydrogen-bond donors (Lipinski definition) is 2. The number of nitrogens with one attached hydrogen (secondary N) is 1. The molecule has 1 heterocycles. The van der Waals surface area contributed by atoms with Gasteiger partial charge in [0.1, 0.15) is 5.75 Å². The molecule has 1 aromatic rings. The van der Waals surface area contributed by atoms with E-state index < -0.39 is 0 Å². The lowest BCUT2D eigenvalue weighted by Gasteiger charge is -2.21. The van der Waals surface area contributed by atoms with E-state index in [1.54, 1.807) is 18.2 Å². The summed E-state index contributed by atoms with van der Waals surface area (Å²) in [6, 6.07) is 4.96. The Kier molecular flexibility index (Phi) is 4.66. The number of phenolic OH excluding ortho intramolecular Hbond substituents is 1. The quantitative estimate of drug-likeness (QED) is 0.890. The number of para-hydroxylation sites is 1. The van der Waals surface area contributed by atoms with Crippen LogP contribution in [-0.2, 0) is 11.3 Å². The minimum atomic E-state index is -0.253. The monoisotopic (exact) mass is 282 g/mol. The maximum Gasteiger partial charge on any atom is 0.239 e. The molecule has 0 aromatic heterocycles. The van der Waals surface area contributed by atoms with E-state index in [1.165, 1.54) is 0 Å². The Balaban J connectivity index is 1.90. The summed E-state index contributed by atoms with van der Waals surface area (Å²) in [5.74, 6) is 0.205. The molecule has 1 saturated heterocycles. The minimum absolute atomic E-state index is 0.0810. The molecule has 104 valence electrons. The molecule has 1 fully saturated rings. The van der Waals surface area contributed by atoms with E-state index >= 15 is 0 Å². The van der Waals surface area contributed by atoms with Crippen LogP contribution in [0.15, 0.2) is 18.2 Å². The van der Waals surface area contributed by atoms with E-state index in [9.17, 15) is 9.90 Å². The van der Waals surface area contributed by atoms with E-state index in [0.29, 0.717) is 17.1 Å². The zero-order valence-corrected chi connectivity index (χ0v) is 11.8. The minimum Gasteiger partial charge on any atom is -0.506 e. The SMILES string of the molecule is CC(NCc1cccc(Cl)c1O)C(=O)N1CCCC1. The van der Waals surface area contributed by atoms with E-state index in [-0.39, 0.29) is 17.7 Å². The molecular weight excluding hydrogens is 264 g/mol. The van der Waals surface area contributed by atoms with Crippen molar-refractivity contribution in [2.24, 2.45) is 0 Å². The summed E-state index contributed by atoms with van der Waals surface area (Å²) < 4.78 is 0. The van der Waals surface area contributed by atoms with Gasteiger partial charge in [-0.2, -0.15) is 0 Å². The number of benzene rings is 1. The summed E-state index contributed by atoms with van der Waals surface area (Å²) >= 11 is 5.84. The van der Waals surface area contributed by atoms with E-state index in [0.717, 1.165) is 25.9 Å². The van der Waals surface area contributed by atoms with Crippen LogP contribution in [0.4, 0.5) is 0 Å². The smallest absolute Gasteiger partial charge is 0.239 e. The highest BCUT2D eigenvalue weighted by molar-refractivity contribution is 6.32. The lowest BCUT2D eigenvalue weighted by molar-refractivity contribution is -0.131. The first-order valence-electron chi connectivity index (χ1n) is 6.58. The van der Waals surface area contributed by atoms with Crippen molar-refractivity contribution in [2.75, 3.05) is 13.1 Å². The zero-order valence-electron chi connectivity index (χ0n) is 11.0. The number of rotatable bonds is 4. The van der Waals surface area contributed by atoms with Crippen LogP contribution >= 0.6 is 11.6 Å². The number of nitrogens with zero attached hydrogens (tertiary/aromatic N) is 1. The van der Waals surface area contributed by atoms with Crippen molar-refractivity contribution in [1.29, 1.82) is 0 Å². The van der Waals surface area contributed by atoms with Gasteiger partial charge in [0.2, 0.25) is 5.91 Å². The Morgan fingerprint density at radius 2 is 2.16 bits per heavy atom. The third-order valence-corrected chi connectivity index (χ3v) is 3.76. The van der Waals surface area contributed by atoms with Crippen molar-refractivity contribution in [3.8, 4) is 5.75 Å². The average molecular weight is 283 g/mol. The molecule has 1 aliphatic heterocycles. The predicted molar refractivity (Wildman–Crippen MR) is 75.2 cm³/mol. The second kappa shape index (κ2) is 6.26. The summed E-state index contributed by atoms with van der Waals surface area (Å²) in [5, 5.41) is 13.3. The Labute approximate surface area is 118 Å². The number of carbonyl (C=O) groups is 1. The fourth-order valence-corrected chi connectivity index (χ4v) is 2.46. The molecule has 1 amide bonds. The van der Waals surface area contributed by atoms with Crippen molar-refractivity contribution in [2.45, 2.75) is 32.4 Å². The van der Waals surface area contributed by atoms with Crippen LogP contribution in [0.2, 0.25) is 5.02 Å². The second-order valence-corrected chi connectivity index (χ2v) is 5.29. The zero-order chi connectivity index (χ0) is 13.8. The highest BCUT2D eigenvalue weighted by atomic mass is 35.5. The molecule has 1 aromatic carbocycles. The molecule has 0 spiro atoms. The van der Waals surface area contributed by atoms with Crippen LogP contribution in [0.5, 0.6) is 5.75 Å². The molecule has 1 atom stereocenters. The van der Waals surface area contributed by atoms with E-state index in [4.69, 9.17) is 11.6 Å². The molecule has 0 radical (unpaired) electrons. The Hall–Kier alpha value is -1.26. The first kappa shape index (κ1) is 14.2. The summed E-state index contributed by atoms with van der Waals surface area (Å²) in [6.45, 7) is 3.98. The second-order valence-electron chi connectivity index (χ2n) is 4.88. The number of aromatic hydroxyl groups is 1. The first-order chi connectivity index (χ1) is 9.09. The topological polar surface area (TPSA) is 52.6 Å². The van der Waals surface area contributed by atoms with Gasteiger partial charge in [-0.1, -0.05) is 23.7 Å². The van der Waals surface area contributed by atoms with Gasteiger partial charge in [0.15, 0.2) is 0 Å². The van der Waals surface area contributed by atoms with Crippen LogP contribution in [-0.4, -0.2) is 35.0 Å². The number of amides is 1. The Morgan fingerprint density at radius 3 is 2.84 bits per heavy atom. The van der Waals surface area contributed by atoms with Crippen LogP contribution in [0, 0.1) is 0 Å². The fourth-order valence-electron chi connectivity index (χ4n) is 2.26. The van der Waals surface area contributed by atoms with Crippen LogP contribution in [0.25, 0.3) is 0 Å². The lowest BCUT2D eigenvalue weighted by atomic mass is 10.2. The molecule has 0 bridgehead atoms. The van der Waals surface area contributed by atoms with E-state index in [1.807, 2.05) is 11.8 Å². The van der Waals surface area contributed by atoms with Crippen LogP contribution in [0.1, 0.15) is 25.3 Å². The summed E-state index contributed by atoms with van der Waals surface area (Å²) in [5.41, 5.74) is 0.702. The molecular formula is C14H19ClN2O2. The van der Waals surface area contributed by atoms with Gasteiger partial charge in [-0.3, -0.25) is 4.79 Å². The molecule has 1 aliphatic rings. The molecule has 2 N–H and O–H groups in total. The normalized spacial score (nSPS) is 16.6. The number of hydrogen-bond acceptors (Lipinski definition) is 3. The van der Waals surface area contributed by atoms with Crippen LogP contribution in [0.3, 0.4) is 0 Å². The van der Waals surface area contributed by atoms with Crippen molar-refractivity contribution in [1.82, 2.24) is 10.2 Å². The molecule has 1 unspecified atom stereocenters. The van der Waals surface area contributed by atoms with Gasteiger partial charge >= 0.3 is 0 Å². The number of carbonyl (C=O) groups excluding carboxylic acids is 1. The van der Waals surface area contributed by atoms with Gasteiger partial charge in [0.05, 0.1) is 11.1 Å². The maximum absolute atomic E-state index is 12.1. The average Bonchev–Trinajstić information content (AvgIpc) is 2.93. The van der Waals surface area contributed by atoms with Crippen molar-refractivity contribution in [3.63, 3.8) is 0 Å². The third-order valence-electron chi connectivity index (χ3n) is 3.46. The van der Waals surface area contributed by atoms with Gasteiger partial charge in [0.25, 0.3) is 0 Å². The van der Waals surface area contributed by atoms with Gasteiger partial charge in [0, 0.05) is 25.2 Å². The molecule has 0 saturated carbocycles. The van der Waals surface area contributed by atoms with Crippen molar-refractivity contribution >= 4 is 17.5 Å². The summed E-state index contributed by atoms with van der Waals surface area (Å²) in [4.78, 5) is 14.0. The Bertz CT molecular complexity index is 459. The molecule has 5 heteroatoms. The number of halogens is 1. The van der Waals surface area contributed by atoms with Crippen LogP contribution < -0.4 is 5.32 Å². The van der Waals surface area contributed by atoms with Crippen molar-refractivity contribution in [3.05, 3.63) is 28.8 Å². The molecule has 4 nitrogen and oxygen atoms in total. The van der Waals surface area contributed by atoms with Gasteiger partial charge in [-0.25, -0.2) is 0 Å². The fraction of sp³-hybridized carbons (Fsp3) is 0.500. The van der Waals surface area contributed by atoms with E-state index in [2.05, 4.69) is 5.32 Å². The number of likely N-dealkylation sites (tertiary alicyclic amines) is 1. The molecule has 2 rings (SSSR count). The maximum atomic E-state index is 12.1. The lowest BCUT2D eigenvalue weighted by Crippen LogP contribution is -2.43. The van der Waals surface area contributed by atoms with Gasteiger partial charge in [-0.15, -0.1) is 0 Å².